The summed E-state index contributed by atoms with van der Waals surface area (Å²) in [5, 5.41) is 23.0. The predicted octanol–water partition coefficient (Wildman–Crippen LogP) is 2.79. The van der Waals surface area contributed by atoms with Gasteiger partial charge in [0.2, 0.25) is 0 Å². The minimum atomic E-state index is -0.563. The molecule has 0 aliphatic heterocycles. The Kier molecular flexibility index (Phi) is 5.44. The van der Waals surface area contributed by atoms with Gasteiger partial charge in [-0.1, -0.05) is 6.58 Å². The zero-order chi connectivity index (χ0) is 16.0. The fourth-order valence-electron chi connectivity index (χ4n) is 1.47. The average molecular weight is 289 g/mol. The summed E-state index contributed by atoms with van der Waals surface area (Å²) in [4.78, 5) is 10.4. The van der Waals surface area contributed by atoms with Crippen LogP contribution in [-0.2, 0) is 0 Å². The van der Waals surface area contributed by atoms with Gasteiger partial charge in [-0.05, 0) is 38.5 Å². The SMILES string of the molecule is C=C(CNC(C)(C)C)COc1ccc(C#N)cc1[N+](=O)[O-]. The molecule has 1 rings (SSSR count). The van der Waals surface area contributed by atoms with Crippen molar-refractivity contribution >= 4 is 5.69 Å². The van der Waals surface area contributed by atoms with Crippen LogP contribution in [0.25, 0.3) is 0 Å². The zero-order valence-electron chi connectivity index (χ0n) is 12.5. The van der Waals surface area contributed by atoms with E-state index in [9.17, 15) is 10.1 Å². The molecule has 112 valence electrons. The van der Waals surface area contributed by atoms with Crippen molar-refractivity contribution < 1.29 is 9.66 Å². The molecule has 0 heterocycles. The molecular formula is C15H19N3O3. The Morgan fingerprint density at radius 2 is 2.19 bits per heavy atom. The smallest absolute Gasteiger partial charge is 0.312 e. The van der Waals surface area contributed by atoms with Crippen LogP contribution in [0.3, 0.4) is 0 Å². The van der Waals surface area contributed by atoms with Crippen LogP contribution < -0.4 is 10.1 Å². The van der Waals surface area contributed by atoms with Crippen molar-refractivity contribution in [3.05, 3.63) is 46.0 Å². The topological polar surface area (TPSA) is 88.2 Å². The van der Waals surface area contributed by atoms with Crippen molar-refractivity contribution in [2.45, 2.75) is 26.3 Å². The molecule has 0 saturated carbocycles. The van der Waals surface area contributed by atoms with E-state index < -0.39 is 4.92 Å². The third-order valence-corrected chi connectivity index (χ3v) is 2.59. The molecule has 0 radical (unpaired) electrons. The van der Waals surface area contributed by atoms with Gasteiger partial charge < -0.3 is 10.1 Å². The minimum Gasteiger partial charge on any atom is -0.482 e. The number of ether oxygens (including phenoxy) is 1. The molecule has 0 aliphatic rings. The average Bonchev–Trinajstić information content (AvgIpc) is 2.41. The molecule has 1 aromatic rings. The first kappa shape index (κ1) is 16.7. The molecular weight excluding hydrogens is 270 g/mol. The lowest BCUT2D eigenvalue weighted by Crippen LogP contribution is -2.37. The van der Waals surface area contributed by atoms with Gasteiger partial charge in [-0.25, -0.2) is 0 Å². The Hall–Kier alpha value is -2.39. The zero-order valence-corrected chi connectivity index (χ0v) is 12.5. The maximum Gasteiger partial charge on any atom is 0.312 e. The number of nitrogens with zero attached hydrogens (tertiary/aromatic N) is 2. The molecule has 21 heavy (non-hydrogen) atoms. The normalized spacial score (nSPS) is 10.8. The van der Waals surface area contributed by atoms with Crippen molar-refractivity contribution in [3.8, 4) is 11.8 Å². The van der Waals surface area contributed by atoms with Crippen LogP contribution in [0.5, 0.6) is 5.75 Å². The molecule has 0 atom stereocenters. The van der Waals surface area contributed by atoms with Crippen molar-refractivity contribution in [1.29, 1.82) is 5.26 Å². The predicted molar refractivity (Wildman–Crippen MR) is 80.2 cm³/mol. The number of hydrogen-bond acceptors (Lipinski definition) is 5. The summed E-state index contributed by atoms with van der Waals surface area (Å²) in [6.07, 6.45) is 0. The molecule has 0 fully saturated rings. The first-order valence-corrected chi connectivity index (χ1v) is 6.46. The second kappa shape index (κ2) is 6.86. The highest BCUT2D eigenvalue weighted by atomic mass is 16.6. The minimum absolute atomic E-state index is 0.0383. The monoisotopic (exact) mass is 289 g/mol. The maximum absolute atomic E-state index is 11.0. The van der Waals surface area contributed by atoms with E-state index in [1.54, 1.807) is 0 Å². The number of benzene rings is 1. The van der Waals surface area contributed by atoms with Gasteiger partial charge in [-0.3, -0.25) is 10.1 Å². The van der Waals surface area contributed by atoms with Gasteiger partial charge in [-0.2, -0.15) is 5.26 Å². The second-order valence-corrected chi connectivity index (χ2v) is 5.69. The first-order valence-electron chi connectivity index (χ1n) is 6.46. The summed E-state index contributed by atoms with van der Waals surface area (Å²) in [5.41, 5.74) is 0.750. The van der Waals surface area contributed by atoms with E-state index >= 15 is 0 Å². The highest BCUT2D eigenvalue weighted by molar-refractivity contribution is 5.51. The Morgan fingerprint density at radius 1 is 1.52 bits per heavy atom. The van der Waals surface area contributed by atoms with Gasteiger partial charge in [0.1, 0.15) is 6.61 Å². The molecule has 1 aromatic carbocycles. The van der Waals surface area contributed by atoms with E-state index in [4.69, 9.17) is 10.00 Å². The third kappa shape index (κ3) is 5.63. The lowest BCUT2D eigenvalue weighted by Gasteiger charge is -2.21. The molecule has 0 spiro atoms. The Labute approximate surface area is 124 Å². The molecule has 0 bridgehead atoms. The van der Waals surface area contributed by atoms with Gasteiger partial charge in [0.25, 0.3) is 0 Å². The summed E-state index contributed by atoms with van der Waals surface area (Å²) in [6, 6.07) is 5.98. The van der Waals surface area contributed by atoms with Crippen LogP contribution in [0.1, 0.15) is 26.3 Å². The molecule has 1 N–H and O–H groups in total. The fraction of sp³-hybridized carbons (Fsp3) is 0.400. The van der Waals surface area contributed by atoms with E-state index in [1.165, 1.54) is 18.2 Å². The number of nitro groups is 1. The van der Waals surface area contributed by atoms with Crippen LogP contribution in [0.4, 0.5) is 5.69 Å². The molecule has 0 aliphatic carbocycles. The summed E-state index contributed by atoms with van der Waals surface area (Å²) in [5.74, 6) is 0.135. The lowest BCUT2D eigenvalue weighted by atomic mass is 10.1. The van der Waals surface area contributed by atoms with Crippen LogP contribution in [0.15, 0.2) is 30.4 Å². The van der Waals surface area contributed by atoms with Crippen LogP contribution in [0, 0.1) is 21.4 Å². The van der Waals surface area contributed by atoms with E-state index in [-0.39, 0.29) is 29.1 Å². The van der Waals surface area contributed by atoms with E-state index in [0.29, 0.717) is 6.54 Å². The van der Waals surface area contributed by atoms with Crippen molar-refractivity contribution in [3.63, 3.8) is 0 Å². The maximum atomic E-state index is 11.0. The summed E-state index contributed by atoms with van der Waals surface area (Å²) < 4.78 is 5.43. The van der Waals surface area contributed by atoms with Crippen molar-refractivity contribution in [1.82, 2.24) is 5.32 Å². The van der Waals surface area contributed by atoms with Gasteiger partial charge in [-0.15, -0.1) is 0 Å². The molecule has 6 nitrogen and oxygen atoms in total. The molecule has 6 heteroatoms. The quantitative estimate of drug-likeness (QED) is 0.494. The number of hydrogen-bond donors (Lipinski definition) is 1. The Balaban J connectivity index is 2.69. The standard InChI is InChI=1S/C15H19N3O3/c1-11(9-17-15(2,3)4)10-21-14-6-5-12(8-16)7-13(14)18(19)20/h5-7,17H,1,9-10H2,2-4H3. The van der Waals surface area contributed by atoms with Crippen molar-refractivity contribution in [2.24, 2.45) is 0 Å². The largest absolute Gasteiger partial charge is 0.482 e. The summed E-state index contributed by atoms with van der Waals surface area (Å²) >= 11 is 0. The van der Waals surface area contributed by atoms with Gasteiger partial charge in [0.15, 0.2) is 5.75 Å². The van der Waals surface area contributed by atoms with Gasteiger partial charge in [0.05, 0.1) is 16.6 Å². The highest BCUT2D eigenvalue weighted by Gasteiger charge is 2.16. The van der Waals surface area contributed by atoms with Gasteiger partial charge >= 0.3 is 5.69 Å². The first-order chi connectivity index (χ1) is 9.73. The molecule has 0 saturated heterocycles. The number of nitro benzene ring substituents is 1. The van der Waals surface area contributed by atoms with E-state index in [2.05, 4.69) is 11.9 Å². The third-order valence-electron chi connectivity index (χ3n) is 2.59. The van der Waals surface area contributed by atoms with Crippen LogP contribution >= 0.6 is 0 Å². The highest BCUT2D eigenvalue weighted by Crippen LogP contribution is 2.28. The Bertz CT molecular complexity index is 583. The summed E-state index contributed by atoms with van der Waals surface area (Å²) in [7, 11) is 0. The molecule has 0 aromatic heterocycles. The van der Waals surface area contributed by atoms with Crippen LogP contribution in [-0.4, -0.2) is 23.6 Å². The van der Waals surface area contributed by atoms with Gasteiger partial charge in [0, 0.05) is 18.2 Å². The number of nitriles is 1. The Morgan fingerprint density at radius 3 is 2.71 bits per heavy atom. The molecule has 0 unspecified atom stereocenters. The van der Waals surface area contributed by atoms with Crippen LogP contribution in [0.2, 0.25) is 0 Å². The summed E-state index contributed by atoms with van der Waals surface area (Å²) in [6.45, 7) is 10.7. The van der Waals surface area contributed by atoms with E-state index in [1.807, 2.05) is 26.8 Å². The number of rotatable bonds is 6. The van der Waals surface area contributed by atoms with Crippen molar-refractivity contribution in [2.75, 3.05) is 13.2 Å². The molecule has 0 amide bonds. The lowest BCUT2D eigenvalue weighted by molar-refractivity contribution is -0.385. The second-order valence-electron chi connectivity index (χ2n) is 5.69. The fourth-order valence-corrected chi connectivity index (χ4v) is 1.47. The number of nitrogens with one attached hydrogen (secondary N) is 1. The van der Waals surface area contributed by atoms with E-state index in [0.717, 1.165) is 5.57 Å².